The van der Waals surface area contributed by atoms with Gasteiger partial charge in [0.15, 0.2) is 5.60 Å². The van der Waals surface area contributed by atoms with E-state index in [0.29, 0.717) is 17.8 Å². The number of hydrogen-bond donors (Lipinski definition) is 1. The molecule has 23 heavy (non-hydrogen) atoms. The summed E-state index contributed by atoms with van der Waals surface area (Å²) in [6, 6.07) is 5.33. The zero-order chi connectivity index (χ0) is 17.0. The van der Waals surface area contributed by atoms with E-state index in [1.54, 1.807) is 12.1 Å². The average Bonchev–Trinajstić information content (AvgIpc) is 2.67. The molecule has 0 unspecified atom stereocenters. The van der Waals surface area contributed by atoms with Crippen molar-refractivity contribution in [2.24, 2.45) is 5.92 Å². The van der Waals surface area contributed by atoms with Crippen LogP contribution in [0.25, 0.3) is 0 Å². The minimum atomic E-state index is -1.86. The Bertz CT molecular complexity index is 687. The van der Waals surface area contributed by atoms with E-state index in [2.05, 4.69) is 15.9 Å². The standard InChI is InChI=1S/C17H20BrNO4/c1-4-19-13-6-5-10(18)7-11(13)17(22,15(19)21)12-9-23-16(2,3)8-14(12)20/h5-7,12,22H,4,8-9H2,1-3H3/t12-,17+/m0/s1. The number of nitrogens with zero attached hydrogens (tertiary/aromatic N) is 1. The maximum absolute atomic E-state index is 12.9. The largest absolute Gasteiger partial charge is 0.375 e. The minimum Gasteiger partial charge on any atom is -0.375 e. The number of halogens is 1. The lowest BCUT2D eigenvalue weighted by Crippen LogP contribution is -2.54. The molecule has 0 bridgehead atoms. The molecule has 1 fully saturated rings. The van der Waals surface area contributed by atoms with Crippen molar-refractivity contribution in [2.75, 3.05) is 18.1 Å². The van der Waals surface area contributed by atoms with Gasteiger partial charge in [-0.2, -0.15) is 0 Å². The smallest absolute Gasteiger partial charge is 0.264 e. The van der Waals surface area contributed by atoms with E-state index in [1.807, 2.05) is 26.8 Å². The molecule has 2 heterocycles. The highest BCUT2D eigenvalue weighted by atomic mass is 79.9. The first-order valence-electron chi connectivity index (χ1n) is 7.71. The second-order valence-corrected chi connectivity index (χ2v) is 7.66. The van der Waals surface area contributed by atoms with Gasteiger partial charge in [0.25, 0.3) is 5.91 Å². The fourth-order valence-corrected chi connectivity index (χ4v) is 3.84. The third-order valence-corrected chi connectivity index (χ3v) is 5.17. The first kappa shape index (κ1) is 16.6. The van der Waals surface area contributed by atoms with Crippen LogP contribution < -0.4 is 4.90 Å². The number of benzene rings is 1. The van der Waals surface area contributed by atoms with Crippen LogP contribution >= 0.6 is 15.9 Å². The third kappa shape index (κ3) is 2.44. The van der Waals surface area contributed by atoms with Crippen molar-refractivity contribution in [3.63, 3.8) is 0 Å². The number of rotatable bonds is 2. The van der Waals surface area contributed by atoms with Gasteiger partial charge in [-0.25, -0.2) is 0 Å². The number of anilines is 1. The SMILES string of the molecule is CCN1C(=O)[C@](O)([C@H]2COC(C)(C)CC2=O)c2cc(Br)ccc21. The van der Waals surface area contributed by atoms with Crippen molar-refractivity contribution in [3.05, 3.63) is 28.2 Å². The number of ketones is 1. The molecule has 0 saturated carbocycles. The highest BCUT2D eigenvalue weighted by molar-refractivity contribution is 9.10. The molecule has 1 aromatic rings. The summed E-state index contributed by atoms with van der Waals surface area (Å²) in [5.41, 5.74) is -1.29. The zero-order valence-electron chi connectivity index (χ0n) is 13.4. The molecule has 0 aliphatic carbocycles. The zero-order valence-corrected chi connectivity index (χ0v) is 15.0. The molecule has 1 N–H and O–H groups in total. The maximum Gasteiger partial charge on any atom is 0.264 e. The Kier molecular flexibility index (Phi) is 3.90. The van der Waals surface area contributed by atoms with E-state index in [-0.39, 0.29) is 18.8 Å². The Hall–Kier alpha value is -1.24. The summed E-state index contributed by atoms with van der Waals surface area (Å²) >= 11 is 3.38. The number of carbonyl (C=O) groups excluding carboxylic acids is 2. The number of amides is 1. The number of hydrogen-bond acceptors (Lipinski definition) is 4. The van der Waals surface area contributed by atoms with Crippen LogP contribution in [0, 0.1) is 5.92 Å². The maximum atomic E-state index is 12.9. The number of ether oxygens (including phenoxy) is 1. The van der Waals surface area contributed by atoms with Gasteiger partial charge in [0.2, 0.25) is 0 Å². The predicted molar refractivity (Wildman–Crippen MR) is 89.2 cm³/mol. The van der Waals surface area contributed by atoms with Crippen molar-refractivity contribution in [2.45, 2.75) is 38.4 Å². The van der Waals surface area contributed by atoms with Crippen LogP contribution in [0.3, 0.4) is 0 Å². The molecule has 2 aliphatic rings. The van der Waals surface area contributed by atoms with Crippen molar-refractivity contribution in [3.8, 4) is 0 Å². The van der Waals surface area contributed by atoms with E-state index >= 15 is 0 Å². The van der Waals surface area contributed by atoms with Gasteiger partial charge >= 0.3 is 0 Å². The Morgan fingerprint density at radius 3 is 2.70 bits per heavy atom. The molecule has 0 radical (unpaired) electrons. The molecule has 1 aromatic carbocycles. The molecular weight excluding hydrogens is 362 g/mol. The van der Waals surface area contributed by atoms with Gasteiger partial charge in [0.05, 0.1) is 23.8 Å². The first-order valence-corrected chi connectivity index (χ1v) is 8.51. The van der Waals surface area contributed by atoms with E-state index in [1.165, 1.54) is 4.90 Å². The van der Waals surface area contributed by atoms with E-state index in [0.717, 1.165) is 4.47 Å². The molecule has 1 saturated heterocycles. The number of likely N-dealkylation sites (N-methyl/N-ethyl adjacent to an activating group) is 1. The third-order valence-electron chi connectivity index (χ3n) is 4.68. The van der Waals surface area contributed by atoms with Gasteiger partial charge < -0.3 is 14.7 Å². The lowest BCUT2D eigenvalue weighted by Gasteiger charge is -2.39. The van der Waals surface area contributed by atoms with Crippen molar-refractivity contribution in [1.82, 2.24) is 0 Å². The second-order valence-electron chi connectivity index (χ2n) is 6.74. The molecule has 124 valence electrons. The summed E-state index contributed by atoms with van der Waals surface area (Å²) in [5.74, 6) is -1.47. The Morgan fingerprint density at radius 2 is 2.09 bits per heavy atom. The number of Topliss-reactive ketones (excluding diaryl/α,β-unsaturated/α-hetero) is 1. The summed E-state index contributed by atoms with van der Waals surface area (Å²) in [6.07, 6.45) is 0.183. The first-order chi connectivity index (χ1) is 10.7. The van der Waals surface area contributed by atoms with Gasteiger partial charge in [0, 0.05) is 23.0 Å². The Balaban J connectivity index is 2.09. The lowest BCUT2D eigenvalue weighted by atomic mass is 9.76. The van der Waals surface area contributed by atoms with E-state index in [9.17, 15) is 14.7 Å². The Morgan fingerprint density at radius 1 is 1.39 bits per heavy atom. The fraction of sp³-hybridized carbons (Fsp3) is 0.529. The van der Waals surface area contributed by atoms with Crippen LogP contribution in [0.5, 0.6) is 0 Å². The molecule has 3 rings (SSSR count). The molecule has 1 amide bonds. The van der Waals surface area contributed by atoms with E-state index < -0.39 is 23.0 Å². The van der Waals surface area contributed by atoms with Gasteiger partial charge in [-0.3, -0.25) is 9.59 Å². The van der Waals surface area contributed by atoms with Gasteiger partial charge in [0.1, 0.15) is 5.78 Å². The predicted octanol–water partition coefficient (Wildman–Crippen LogP) is 2.39. The summed E-state index contributed by atoms with van der Waals surface area (Å²) in [5, 5.41) is 11.3. The van der Waals surface area contributed by atoms with Gasteiger partial charge in [-0.05, 0) is 39.0 Å². The quantitative estimate of drug-likeness (QED) is 0.853. The molecule has 0 aromatic heterocycles. The summed E-state index contributed by atoms with van der Waals surface area (Å²) in [7, 11) is 0. The minimum absolute atomic E-state index is 0.0393. The van der Waals surface area contributed by atoms with Crippen molar-refractivity contribution in [1.29, 1.82) is 0 Å². The monoisotopic (exact) mass is 381 g/mol. The highest BCUT2D eigenvalue weighted by Gasteiger charge is 2.58. The summed E-state index contributed by atoms with van der Waals surface area (Å²) in [4.78, 5) is 27.0. The molecule has 6 heteroatoms. The molecular formula is C17H20BrNO4. The molecule has 2 aliphatic heterocycles. The number of fused-ring (bicyclic) bond motifs is 1. The number of carbonyl (C=O) groups is 2. The van der Waals surface area contributed by atoms with Crippen molar-refractivity contribution < 1.29 is 19.4 Å². The van der Waals surface area contributed by atoms with Crippen LogP contribution in [-0.2, 0) is 19.9 Å². The summed E-state index contributed by atoms with van der Waals surface area (Å²) < 4.78 is 6.48. The topological polar surface area (TPSA) is 66.8 Å². The second kappa shape index (κ2) is 5.40. The average molecular weight is 382 g/mol. The highest BCUT2D eigenvalue weighted by Crippen LogP contribution is 2.47. The summed E-state index contributed by atoms with van der Waals surface area (Å²) in [6.45, 7) is 5.99. The molecule has 0 spiro atoms. The van der Waals surface area contributed by atoms with Crippen LogP contribution in [0.4, 0.5) is 5.69 Å². The van der Waals surface area contributed by atoms with Crippen LogP contribution in [-0.4, -0.2) is 35.5 Å². The van der Waals surface area contributed by atoms with E-state index in [4.69, 9.17) is 4.74 Å². The fourth-order valence-electron chi connectivity index (χ4n) is 3.48. The van der Waals surface area contributed by atoms with Crippen molar-refractivity contribution >= 4 is 33.3 Å². The van der Waals surface area contributed by atoms with Crippen LogP contribution in [0.1, 0.15) is 32.8 Å². The molecule has 2 atom stereocenters. The molecule has 5 nitrogen and oxygen atoms in total. The van der Waals surface area contributed by atoms with Crippen LogP contribution in [0.15, 0.2) is 22.7 Å². The van der Waals surface area contributed by atoms with Crippen LogP contribution in [0.2, 0.25) is 0 Å². The number of aliphatic hydroxyl groups is 1. The lowest BCUT2D eigenvalue weighted by molar-refractivity contribution is -0.172. The van der Waals surface area contributed by atoms with Gasteiger partial charge in [-0.1, -0.05) is 15.9 Å². The Labute approximate surface area is 143 Å². The normalized spacial score (nSPS) is 29.8. The van der Waals surface area contributed by atoms with Gasteiger partial charge in [-0.15, -0.1) is 0 Å².